The zero-order chi connectivity index (χ0) is 13.3. The van der Waals surface area contributed by atoms with Gasteiger partial charge in [0.05, 0.1) is 12.1 Å². The maximum Gasteiger partial charge on any atom is 0.168 e. The first-order chi connectivity index (χ1) is 8.47. The zero-order valence-electron chi connectivity index (χ0n) is 10.6. The van der Waals surface area contributed by atoms with E-state index in [1.54, 1.807) is 17.9 Å². The summed E-state index contributed by atoms with van der Waals surface area (Å²) >= 11 is 3.50. The van der Waals surface area contributed by atoms with Crippen LogP contribution in [0.25, 0.3) is 0 Å². The molecule has 2 rings (SSSR count). The van der Waals surface area contributed by atoms with Gasteiger partial charge in [0.15, 0.2) is 5.78 Å². The van der Waals surface area contributed by atoms with Crippen molar-refractivity contribution in [1.82, 2.24) is 15.0 Å². The van der Waals surface area contributed by atoms with E-state index in [1.165, 1.54) is 0 Å². The molecule has 0 bridgehead atoms. The van der Waals surface area contributed by atoms with Gasteiger partial charge in [0.2, 0.25) is 0 Å². The first-order valence-electron chi connectivity index (χ1n) is 5.62. The summed E-state index contributed by atoms with van der Waals surface area (Å²) in [5.74, 6) is 0.0641. The van der Waals surface area contributed by atoms with Crippen molar-refractivity contribution in [3.05, 3.63) is 45.2 Å². The fourth-order valence-electron chi connectivity index (χ4n) is 1.85. The minimum absolute atomic E-state index is 0.0641. The average molecular weight is 308 g/mol. The first kappa shape index (κ1) is 13.0. The van der Waals surface area contributed by atoms with E-state index in [0.717, 1.165) is 21.2 Å². The molecule has 1 heterocycles. The van der Waals surface area contributed by atoms with Crippen molar-refractivity contribution in [1.29, 1.82) is 0 Å². The van der Waals surface area contributed by atoms with Gasteiger partial charge in [-0.25, -0.2) is 0 Å². The summed E-state index contributed by atoms with van der Waals surface area (Å²) in [5, 5.41) is 7.75. The lowest BCUT2D eigenvalue weighted by atomic mass is 10.0. The topological polar surface area (TPSA) is 47.8 Å². The van der Waals surface area contributed by atoms with Crippen LogP contribution in [0.5, 0.6) is 0 Å². The standard InChI is InChI=1S/C13H14BrN3O/c1-8-4-10(5-9(2)13(8)14)12(18)6-11-7-17(3)16-15-11/h4-5,7H,6H2,1-3H3. The van der Waals surface area contributed by atoms with Gasteiger partial charge in [0, 0.05) is 23.3 Å². The van der Waals surface area contributed by atoms with E-state index in [4.69, 9.17) is 0 Å². The zero-order valence-corrected chi connectivity index (χ0v) is 12.2. The summed E-state index contributed by atoms with van der Waals surface area (Å²) in [4.78, 5) is 12.1. The Morgan fingerprint density at radius 1 is 1.33 bits per heavy atom. The van der Waals surface area contributed by atoms with Crippen LogP contribution in [0.2, 0.25) is 0 Å². The molecular formula is C13H14BrN3O. The predicted molar refractivity (Wildman–Crippen MR) is 72.7 cm³/mol. The number of benzene rings is 1. The molecule has 1 aromatic carbocycles. The molecule has 18 heavy (non-hydrogen) atoms. The smallest absolute Gasteiger partial charge is 0.168 e. The lowest BCUT2D eigenvalue weighted by Gasteiger charge is -2.06. The van der Waals surface area contributed by atoms with E-state index in [0.29, 0.717) is 5.69 Å². The summed E-state index contributed by atoms with van der Waals surface area (Å²) in [5.41, 5.74) is 3.55. The molecule has 0 amide bonds. The number of rotatable bonds is 3. The first-order valence-corrected chi connectivity index (χ1v) is 6.42. The van der Waals surface area contributed by atoms with Crippen LogP contribution in [-0.2, 0) is 13.5 Å². The number of nitrogens with zero attached hydrogens (tertiary/aromatic N) is 3. The number of hydrogen-bond acceptors (Lipinski definition) is 3. The highest BCUT2D eigenvalue weighted by atomic mass is 79.9. The molecule has 0 aliphatic heterocycles. The molecule has 1 aromatic heterocycles. The van der Waals surface area contributed by atoms with Gasteiger partial charge in [0.25, 0.3) is 0 Å². The maximum absolute atomic E-state index is 12.1. The Kier molecular flexibility index (Phi) is 3.61. The van der Waals surface area contributed by atoms with Crippen molar-refractivity contribution in [2.45, 2.75) is 20.3 Å². The molecule has 0 unspecified atom stereocenters. The Balaban J connectivity index is 2.24. The Morgan fingerprint density at radius 3 is 2.44 bits per heavy atom. The molecule has 2 aromatic rings. The van der Waals surface area contributed by atoms with Crippen LogP contribution in [0.15, 0.2) is 22.8 Å². The SMILES string of the molecule is Cc1cc(C(=O)Cc2cn(C)nn2)cc(C)c1Br. The molecule has 0 saturated carbocycles. The normalized spacial score (nSPS) is 10.7. The molecule has 0 atom stereocenters. The van der Waals surface area contributed by atoms with Crippen molar-refractivity contribution >= 4 is 21.7 Å². The number of aromatic nitrogens is 3. The Hall–Kier alpha value is -1.49. The van der Waals surface area contributed by atoms with E-state index in [2.05, 4.69) is 26.2 Å². The molecule has 0 saturated heterocycles. The number of hydrogen-bond donors (Lipinski definition) is 0. The van der Waals surface area contributed by atoms with Crippen molar-refractivity contribution in [2.24, 2.45) is 7.05 Å². The number of halogens is 1. The summed E-state index contributed by atoms with van der Waals surface area (Å²) in [6.07, 6.45) is 2.05. The monoisotopic (exact) mass is 307 g/mol. The Labute approximate surface area is 114 Å². The van der Waals surface area contributed by atoms with Crippen LogP contribution in [0.4, 0.5) is 0 Å². The average Bonchev–Trinajstić information content (AvgIpc) is 2.71. The van der Waals surface area contributed by atoms with Crippen LogP contribution in [0.1, 0.15) is 27.2 Å². The Morgan fingerprint density at radius 2 is 1.94 bits per heavy atom. The second-order valence-electron chi connectivity index (χ2n) is 4.41. The van der Waals surface area contributed by atoms with E-state index in [9.17, 15) is 4.79 Å². The van der Waals surface area contributed by atoms with Crippen molar-refractivity contribution < 1.29 is 4.79 Å². The van der Waals surface area contributed by atoms with Crippen LogP contribution in [-0.4, -0.2) is 20.8 Å². The quantitative estimate of drug-likeness (QED) is 0.819. The van der Waals surface area contributed by atoms with Gasteiger partial charge in [-0.3, -0.25) is 9.48 Å². The van der Waals surface area contributed by atoms with Gasteiger partial charge in [-0.1, -0.05) is 21.1 Å². The molecule has 94 valence electrons. The summed E-state index contributed by atoms with van der Waals surface area (Å²) in [6, 6.07) is 3.80. The predicted octanol–water partition coefficient (Wildman–Crippen LogP) is 2.62. The second-order valence-corrected chi connectivity index (χ2v) is 5.20. The van der Waals surface area contributed by atoms with E-state index in [1.807, 2.05) is 26.0 Å². The molecular weight excluding hydrogens is 294 g/mol. The maximum atomic E-state index is 12.1. The van der Waals surface area contributed by atoms with Gasteiger partial charge in [-0.2, -0.15) is 0 Å². The number of carbonyl (C=O) groups excluding carboxylic acids is 1. The number of ketones is 1. The van der Waals surface area contributed by atoms with Crippen LogP contribution < -0.4 is 0 Å². The third kappa shape index (κ3) is 2.67. The van der Waals surface area contributed by atoms with E-state index < -0.39 is 0 Å². The van der Waals surface area contributed by atoms with Crippen LogP contribution >= 0.6 is 15.9 Å². The Bertz CT molecular complexity index is 581. The minimum atomic E-state index is 0.0641. The molecule has 0 aliphatic rings. The molecule has 0 N–H and O–H groups in total. The molecule has 0 fully saturated rings. The number of carbonyl (C=O) groups is 1. The van der Waals surface area contributed by atoms with Crippen LogP contribution in [0, 0.1) is 13.8 Å². The largest absolute Gasteiger partial charge is 0.294 e. The van der Waals surface area contributed by atoms with Crippen molar-refractivity contribution in [3.8, 4) is 0 Å². The molecule has 0 radical (unpaired) electrons. The lowest BCUT2D eigenvalue weighted by molar-refractivity contribution is 0.0991. The minimum Gasteiger partial charge on any atom is -0.294 e. The highest BCUT2D eigenvalue weighted by molar-refractivity contribution is 9.10. The van der Waals surface area contributed by atoms with Crippen LogP contribution in [0.3, 0.4) is 0 Å². The van der Waals surface area contributed by atoms with Gasteiger partial charge in [0.1, 0.15) is 0 Å². The molecule has 0 aliphatic carbocycles. The summed E-state index contributed by atoms with van der Waals surface area (Å²) in [7, 11) is 1.79. The fraction of sp³-hybridized carbons (Fsp3) is 0.308. The number of aryl methyl sites for hydroxylation is 3. The van der Waals surface area contributed by atoms with Gasteiger partial charge < -0.3 is 0 Å². The molecule has 4 nitrogen and oxygen atoms in total. The fourth-order valence-corrected chi connectivity index (χ4v) is 2.08. The lowest BCUT2D eigenvalue weighted by Crippen LogP contribution is -2.05. The highest BCUT2D eigenvalue weighted by Crippen LogP contribution is 2.23. The molecule has 0 spiro atoms. The third-order valence-corrected chi connectivity index (χ3v) is 4.00. The second kappa shape index (κ2) is 5.02. The summed E-state index contributed by atoms with van der Waals surface area (Å²) in [6.45, 7) is 3.96. The van der Waals surface area contributed by atoms with Gasteiger partial charge in [-0.15, -0.1) is 5.10 Å². The van der Waals surface area contributed by atoms with Crippen molar-refractivity contribution in [2.75, 3.05) is 0 Å². The van der Waals surface area contributed by atoms with Gasteiger partial charge >= 0.3 is 0 Å². The van der Waals surface area contributed by atoms with Gasteiger partial charge in [-0.05, 0) is 37.1 Å². The highest BCUT2D eigenvalue weighted by Gasteiger charge is 2.12. The van der Waals surface area contributed by atoms with E-state index in [-0.39, 0.29) is 12.2 Å². The third-order valence-electron chi connectivity index (χ3n) is 2.75. The summed E-state index contributed by atoms with van der Waals surface area (Å²) < 4.78 is 2.65. The van der Waals surface area contributed by atoms with E-state index >= 15 is 0 Å². The van der Waals surface area contributed by atoms with Crippen molar-refractivity contribution in [3.63, 3.8) is 0 Å². The molecule has 5 heteroatoms. The number of Topliss-reactive ketones (excluding diaryl/α,β-unsaturated/α-hetero) is 1.